The van der Waals surface area contributed by atoms with Crippen molar-refractivity contribution in [3.63, 3.8) is 0 Å². The summed E-state index contributed by atoms with van der Waals surface area (Å²) in [6.45, 7) is 9.92. The van der Waals surface area contributed by atoms with Gasteiger partial charge in [-0.15, -0.1) is 0 Å². The van der Waals surface area contributed by atoms with Gasteiger partial charge in [0.15, 0.2) is 0 Å². The van der Waals surface area contributed by atoms with Crippen LogP contribution in [0.5, 0.6) is 0 Å². The summed E-state index contributed by atoms with van der Waals surface area (Å²) in [7, 11) is 0.614. The Labute approximate surface area is 91.6 Å². The molecule has 1 aliphatic rings. The Balaban J connectivity index is 2.96. The highest BCUT2D eigenvalue weighted by Crippen LogP contribution is 2.32. The monoisotopic (exact) mass is 242 g/mol. The summed E-state index contributed by atoms with van der Waals surface area (Å²) < 4.78 is 0. The predicted molar refractivity (Wildman–Crippen MR) is 76.5 cm³/mol. The maximum atomic E-state index is 2.69. The summed E-state index contributed by atoms with van der Waals surface area (Å²) in [5.74, 6) is 0. The van der Waals surface area contributed by atoms with Crippen molar-refractivity contribution in [1.82, 2.24) is 0 Å². The molecular weight excluding hydrogens is 220 g/mol. The van der Waals surface area contributed by atoms with E-state index in [4.69, 9.17) is 0 Å². The van der Waals surface area contributed by atoms with Gasteiger partial charge in [0.25, 0.3) is 0 Å². The average Bonchev–Trinajstić information content (AvgIpc) is 2.54. The van der Waals surface area contributed by atoms with E-state index in [1.807, 2.05) is 15.6 Å². The third-order valence-corrected chi connectivity index (χ3v) is 11.1. The molecule has 0 aromatic heterocycles. The van der Waals surface area contributed by atoms with Crippen molar-refractivity contribution in [1.29, 1.82) is 0 Å². The van der Waals surface area contributed by atoms with Crippen molar-refractivity contribution in [2.24, 2.45) is 0 Å². The first-order valence-electron chi connectivity index (χ1n) is 5.71. The maximum Gasteiger partial charge on any atom is 0.0510 e. The third-order valence-electron chi connectivity index (χ3n) is 3.18. The minimum Gasteiger partial charge on any atom is -0.0863 e. The zero-order valence-corrected chi connectivity index (χ0v) is 15.1. The lowest BCUT2D eigenvalue weighted by Gasteiger charge is -2.10. The fraction of sp³-hybridized carbons (Fsp3) is 0.556. The summed E-state index contributed by atoms with van der Waals surface area (Å²) in [4.78, 5) is 0. The molecule has 0 aromatic rings. The molecule has 13 heavy (non-hydrogen) atoms. The fourth-order valence-corrected chi connectivity index (χ4v) is 13.1. The fourth-order valence-electron chi connectivity index (χ4n) is 2.50. The molecule has 74 valence electrons. The van der Waals surface area contributed by atoms with Gasteiger partial charge in [-0.25, -0.2) is 0 Å². The maximum absolute atomic E-state index is 2.69. The van der Waals surface area contributed by atoms with E-state index in [2.05, 4.69) is 32.3 Å². The number of hydrogen-bond acceptors (Lipinski definition) is 0. The third kappa shape index (κ3) is 2.23. The highest BCUT2D eigenvalue weighted by molar-refractivity contribution is 6.62. The van der Waals surface area contributed by atoms with E-state index in [1.165, 1.54) is 0 Å². The Morgan fingerprint density at radius 1 is 1.00 bits per heavy atom. The molecule has 1 atom stereocenters. The lowest BCUT2D eigenvalue weighted by Crippen LogP contribution is -2.06. The normalized spacial score (nSPS) is 26.2. The predicted octanol–water partition coefficient (Wildman–Crippen LogP) is -0.248. The standard InChI is InChI=1S/C9H22Si4/c1-10-6-5-7(11-2)9(13-4)8(6)12-3/h5-6H,10-13H2,1-4H3. The molecule has 1 rings (SSSR count). The lowest BCUT2D eigenvalue weighted by molar-refractivity contribution is 1.34. The second-order valence-electron chi connectivity index (χ2n) is 3.77. The smallest absolute Gasteiger partial charge is 0.0510 e. The molecule has 0 radical (unpaired) electrons. The summed E-state index contributed by atoms with van der Waals surface area (Å²) in [5.41, 5.74) is 1.03. The molecule has 0 amide bonds. The molecule has 4 heteroatoms. The Kier molecular flexibility index (Phi) is 4.64. The van der Waals surface area contributed by atoms with Crippen LogP contribution in [-0.4, -0.2) is 38.1 Å². The van der Waals surface area contributed by atoms with Gasteiger partial charge < -0.3 is 0 Å². The zero-order valence-electron chi connectivity index (χ0n) is 9.48. The molecule has 0 spiro atoms. The van der Waals surface area contributed by atoms with E-state index >= 15 is 0 Å². The molecule has 0 saturated heterocycles. The molecular formula is C9H22Si4. The Morgan fingerprint density at radius 2 is 1.69 bits per heavy atom. The van der Waals surface area contributed by atoms with Crippen LogP contribution in [-0.2, 0) is 0 Å². The van der Waals surface area contributed by atoms with Crippen LogP contribution in [0.2, 0.25) is 31.7 Å². The van der Waals surface area contributed by atoms with Gasteiger partial charge in [0, 0.05) is 19.0 Å². The number of allylic oxidation sites excluding steroid dienone is 4. The van der Waals surface area contributed by atoms with Crippen LogP contribution >= 0.6 is 0 Å². The molecule has 1 unspecified atom stereocenters. The number of rotatable bonds is 4. The van der Waals surface area contributed by atoms with Crippen LogP contribution in [0.1, 0.15) is 0 Å². The largest absolute Gasteiger partial charge is 0.0863 e. The van der Waals surface area contributed by atoms with E-state index in [0.29, 0.717) is 0 Å². The van der Waals surface area contributed by atoms with Crippen molar-refractivity contribution < 1.29 is 0 Å². The molecule has 0 aromatic carbocycles. The van der Waals surface area contributed by atoms with Gasteiger partial charge in [0.2, 0.25) is 0 Å². The first kappa shape index (κ1) is 11.4. The molecule has 1 aliphatic carbocycles. The van der Waals surface area contributed by atoms with Gasteiger partial charge in [0.05, 0.1) is 19.0 Å². The van der Waals surface area contributed by atoms with E-state index in [9.17, 15) is 0 Å². The minimum absolute atomic E-state index is 0.132. The van der Waals surface area contributed by atoms with Crippen molar-refractivity contribution in [2.75, 3.05) is 0 Å². The molecule has 0 aliphatic heterocycles. The van der Waals surface area contributed by atoms with Gasteiger partial charge in [-0.2, -0.15) is 0 Å². The Morgan fingerprint density at radius 3 is 2.08 bits per heavy atom. The van der Waals surface area contributed by atoms with Crippen LogP contribution < -0.4 is 0 Å². The van der Waals surface area contributed by atoms with Crippen molar-refractivity contribution in [2.45, 2.75) is 31.7 Å². The number of hydrogen-bond donors (Lipinski definition) is 0. The van der Waals surface area contributed by atoms with Crippen LogP contribution in [0, 0.1) is 0 Å². The zero-order chi connectivity index (χ0) is 9.84. The first-order valence-corrected chi connectivity index (χ1v) is 14.3. The van der Waals surface area contributed by atoms with Crippen LogP contribution in [0.4, 0.5) is 0 Å². The van der Waals surface area contributed by atoms with Crippen molar-refractivity contribution in [3.8, 4) is 0 Å². The molecule has 0 bridgehead atoms. The van der Waals surface area contributed by atoms with Gasteiger partial charge >= 0.3 is 0 Å². The Hall–Kier alpha value is 0.348. The quantitative estimate of drug-likeness (QED) is 0.597. The molecule has 0 saturated carbocycles. The van der Waals surface area contributed by atoms with Gasteiger partial charge in [-0.3, -0.25) is 0 Å². The molecule has 0 N–H and O–H groups in total. The average molecular weight is 243 g/mol. The van der Waals surface area contributed by atoms with Crippen LogP contribution in [0.15, 0.2) is 21.7 Å². The lowest BCUT2D eigenvalue weighted by atomic mass is 10.5. The summed E-state index contributed by atoms with van der Waals surface area (Å²) >= 11 is 0. The van der Waals surface area contributed by atoms with E-state index in [1.54, 1.807) is 0 Å². The van der Waals surface area contributed by atoms with Crippen molar-refractivity contribution >= 4 is 38.1 Å². The first-order chi connectivity index (χ1) is 6.28. The second kappa shape index (κ2) is 5.28. The van der Waals surface area contributed by atoms with Gasteiger partial charge in [0.1, 0.15) is 0 Å². The van der Waals surface area contributed by atoms with E-state index in [-0.39, 0.29) is 38.1 Å². The van der Waals surface area contributed by atoms with Crippen LogP contribution in [0.25, 0.3) is 0 Å². The molecule has 0 fully saturated rings. The molecule has 0 heterocycles. The van der Waals surface area contributed by atoms with Crippen LogP contribution in [0.3, 0.4) is 0 Å². The van der Waals surface area contributed by atoms with E-state index in [0.717, 1.165) is 5.54 Å². The SMILES string of the molecule is C[SiH2]C1=CC([SiH2]C)C([SiH2]C)=C1[SiH2]C. The van der Waals surface area contributed by atoms with Gasteiger partial charge in [-0.1, -0.05) is 47.9 Å². The Bertz CT molecular complexity index is 242. The van der Waals surface area contributed by atoms with Gasteiger partial charge in [-0.05, 0) is 5.54 Å². The summed E-state index contributed by atoms with van der Waals surface area (Å²) in [5, 5.41) is 5.85. The second-order valence-corrected chi connectivity index (χ2v) is 9.82. The molecule has 0 nitrogen and oxygen atoms in total. The highest BCUT2D eigenvalue weighted by Gasteiger charge is 2.21. The topological polar surface area (TPSA) is 0 Å². The highest BCUT2D eigenvalue weighted by atomic mass is 28.2. The minimum atomic E-state index is 0.132. The van der Waals surface area contributed by atoms with Crippen molar-refractivity contribution in [3.05, 3.63) is 21.7 Å². The summed E-state index contributed by atoms with van der Waals surface area (Å²) in [6, 6.07) is 0. The van der Waals surface area contributed by atoms with E-state index < -0.39 is 0 Å². The summed E-state index contributed by atoms with van der Waals surface area (Å²) in [6.07, 6.45) is 2.69.